The molecule has 4 heteroatoms. The van der Waals surface area contributed by atoms with Gasteiger partial charge >= 0.3 is 0 Å². The van der Waals surface area contributed by atoms with Crippen molar-refractivity contribution in [2.45, 2.75) is 51.2 Å². The molecule has 2 saturated heterocycles. The molecule has 2 aliphatic rings. The molecular weight excluding hydrogens is 242 g/mol. The first kappa shape index (κ1) is 12.6. The summed E-state index contributed by atoms with van der Waals surface area (Å²) in [5.41, 5.74) is 1.15. The molecule has 2 aliphatic heterocycles. The average molecular weight is 265 g/mol. The smallest absolute Gasteiger partial charge is 0.107 e. The quantitative estimate of drug-likeness (QED) is 0.906. The third kappa shape index (κ3) is 2.60. The Morgan fingerprint density at radius 3 is 2.72 bits per heavy atom. The average Bonchev–Trinajstić information content (AvgIpc) is 2.82. The number of aromatic nitrogens is 1. The highest BCUT2D eigenvalue weighted by molar-refractivity contribution is 7.09. The van der Waals surface area contributed by atoms with Gasteiger partial charge in [-0.05, 0) is 52.1 Å². The lowest BCUT2D eigenvalue weighted by atomic mass is 9.91. The number of hydrogen-bond donors (Lipinski definition) is 1. The summed E-state index contributed by atoms with van der Waals surface area (Å²) in [6, 6.07) is 1.72. The maximum Gasteiger partial charge on any atom is 0.107 e. The lowest BCUT2D eigenvalue weighted by Gasteiger charge is -2.36. The van der Waals surface area contributed by atoms with E-state index in [1.807, 2.05) is 0 Å². The van der Waals surface area contributed by atoms with Crippen LogP contribution in [-0.4, -0.2) is 35.6 Å². The van der Waals surface area contributed by atoms with E-state index in [4.69, 9.17) is 0 Å². The highest BCUT2D eigenvalue weighted by atomic mass is 32.1. The third-order valence-corrected chi connectivity index (χ3v) is 5.54. The molecule has 1 aromatic rings. The summed E-state index contributed by atoms with van der Waals surface area (Å²) in [5, 5.41) is 6.95. The van der Waals surface area contributed by atoms with Gasteiger partial charge in [0.2, 0.25) is 0 Å². The van der Waals surface area contributed by atoms with Gasteiger partial charge in [-0.15, -0.1) is 11.3 Å². The van der Waals surface area contributed by atoms with Gasteiger partial charge in [0, 0.05) is 29.7 Å². The summed E-state index contributed by atoms with van der Waals surface area (Å²) < 4.78 is 0. The summed E-state index contributed by atoms with van der Waals surface area (Å²) in [5.74, 6) is 0.875. The number of rotatable bonds is 4. The minimum absolute atomic E-state index is 0.859. The predicted octanol–water partition coefficient (Wildman–Crippen LogP) is 2.41. The maximum atomic E-state index is 4.50. The lowest BCUT2D eigenvalue weighted by molar-refractivity contribution is 0.133. The number of nitrogens with one attached hydrogen (secondary N) is 1. The van der Waals surface area contributed by atoms with Gasteiger partial charge < -0.3 is 10.2 Å². The number of thiazole rings is 1. The van der Waals surface area contributed by atoms with Gasteiger partial charge in [0.25, 0.3) is 0 Å². The fraction of sp³-hybridized carbons (Fsp3) is 0.786. The molecule has 2 bridgehead atoms. The Morgan fingerprint density at radius 2 is 2.11 bits per heavy atom. The molecule has 0 aliphatic carbocycles. The van der Waals surface area contributed by atoms with E-state index in [2.05, 4.69) is 34.6 Å². The summed E-state index contributed by atoms with van der Waals surface area (Å²) in [6.07, 6.45) is 5.61. The van der Waals surface area contributed by atoms with Gasteiger partial charge in [-0.2, -0.15) is 0 Å². The predicted molar refractivity (Wildman–Crippen MR) is 75.9 cm³/mol. The van der Waals surface area contributed by atoms with E-state index in [0.717, 1.165) is 30.2 Å². The van der Waals surface area contributed by atoms with Crippen LogP contribution in [0.15, 0.2) is 5.38 Å². The number of nitrogens with zero attached hydrogens (tertiary/aromatic N) is 2. The Morgan fingerprint density at radius 1 is 1.39 bits per heavy atom. The summed E-state index contributed by atoms with van der Waals surface area (Å²) in [7, 11) is 2.31. The van der Waals surface area contributed by atoms with Crippen LogP contribution in [0, 0.1) is 12.8 Å². The molecule has 0 saturated carbocycles. The highest BCUT2D eigenvalue weighted by Crippen LogP contribution is 2.36. The Balaban J connectivity index is 1.44. The van der Waals surface area contributed by atoms with Crippen LogP contribution in [-0.2, 0) is 6.54 Å². The van der Waals surface area contributed by atoms with Crippen molar-refractivity contribution in [2.24, 2.45) is 5.92 Å². The van der Waals surface area contributed by atoms with Crippen LogP contribution in [0.2, 0.25) is 0 Å². The zero-order valence-electron chi connectivity index (χ0n) is 11.4. The van der Waals surface area contributed by atoms with Crippen molar-refractivity contribution in [3.05, 3.63) is 16.1 Å². The van der Waals surface area contributed by atoms with Gasteiger partial charge in [-0.3, -0.25) is 0 Å². The van der Waals surface area contributed by atoms with Crippen molar-refractivity contribution in [1.29, 1.82) is 0 Å². The molecule has 18 heavy (non-hydrogen) atoms. The standard InChI is InChI=1S/C14H23N3S/c1-10-9-18-14(16-10)8-15-7-11-5-12-3-4-13(6-11)17(12)2/h9,11-13,15H,3-8H2,1-2H3. The molecule has 3 nitrogen and oxygen atoms in total. The fourth-order valence-corrected chi connectivity index (χ4v) is 4.30. The maximum absolute atomic E-state index is 4.50. The van der Waals surface area contributed by atoms with Crippen LogP contribution in [0.5, 0.6) is 0 Å². The van der Waals surface area contributed by atoms with Crippen LogP contribution in [0.4, 0.5) is 0 Å². The monoisotopic (exact) mass is 265 g/mol. The van der Waals surface area contributed by atoms with Gasteiger partial charge in [-0.25, -0.2) is 4.98 Å². The van der Waals surface area contributed by atoms with E-state index < -0.39 is 0 Å². The minimum atomic E-state index is 0.859. The topological polar surface area (TPSA) is 28.2 Å². The molecular formula is C14H23N3S. The molecule has 2 fully saturated rings. The Labute approximate surface area is 114 Å². The zero-order valence-corrected chi connectivity index (χ0v) is 12.2. The molecule has 1 N–H and O–H groups in total. The molecule has 2 atom stereocenters. The molecule has 1 aromatic heterocycles. The van der Waals surface area contributed by atoms with Crippen molar-refractivity contribution in [3.63, 3.8) is 0 Å². The number of fused-ring (bicyclic) bond motifs is 2. The lowest BCUT2D eigenvalue weighted by Crippen LogP contribution is -2.42. The van der Waals surface area contributed by atoms with Gasteiger partial charge in [0.1, 0.15) is 5.01 Å². The third-order valence-electron chi connectivity index (χ3n) is 4.57. The van der Waals surface area contributed by atoms with E-state index in [0.29, 0.717) is 0 Å². The second-order valence-corrected chi connectivity index (χ2v) is 6.84. The van der Waals surface area contributed by atoms with Crippen molar-refractivity contribution >= 4 is 11.3 Å². The summed E-state index contributed by atoms with van der Waals surface area (Å²) in [4.78, 5) is 7.11. The van der Waals surface area contributed by atoms with Crippen LogP contribution < -0.4 is 5.32 Å². The van der Waals surface area contributed by atoms with Crippen molar-refractivity contribution in [1.82, 2.24) is 15.2 Å². The second-order valence-electron chi connectivity index (χ2n) is 5.90. The minimum Gasteiger partial charge on any atom is -0.310 e. The first-order chi connectivity index (χ1) is 8.72. The Hall–Kier alpha value is -0.450. The molecule has 2 unspecified atom stereocenters. The summed E-state index contributed by atoms with van der Waals surface area (Å²) >= 11 is 1.77. The SMILES string of the molecule is Cc1csc(CNCC2CC3CCC(C2)N3C)n1. The van der Waals surface area contributed by atoms with E-state index in [1.165, 1.54) is 37.2 Å². The first-order valence-electron chi connectivity index (χ1n) is 7.06. The van der Waals surface area contributed by atoms with Crippen molar-refractivity contribution in [2.75, 3.05) is 13.6 Å². The second kappa shape index (κ2) is 5.27. The van der Waals surface area contributed by atoms with Gasteiger partial charge in [0.15, 0.2) is 0 Å². The largest absolute Gasteiger partial charge is 0.310 e. The zero-order chi connectivity index (χ0) is 12.5. The normalized spacial score (nSPS) is 32.0. The summed E-state index contributed by atoms with van der Waals surface area (Å²) in [6.45, 7) is 4.17. The van der Waals surface area contributed by atoms with Crippen LogP contribution in [0.3, 0.4) is 0 Å². The van der Waals surface area contributed by atoms with Crippen LogP contribution in [0.1, 0.15) is 36.4 Å². The first-order valence-corrected chi connectivity index (χ1v) is 7.94. The van der Waals surface area contributed by atoms with E-state index in [1.54, 1.807) is 11.3 Å². The Kier molecular flexibility index (Phi) is 3.68. The molecule has 100 valence electrons. The van der Waals surface area contributed by atoms with E-state index in [9.17, 15) is 0 Å². The number of piperidine rings is 1. The fourth-order valence-electron chi connectivity index (χ4n) is 3.56. The van der Waals surface area contributed by atoms with Crippen LogP contribution >= 0.6 is 11.3 Å². The van der Waals surface area contributed by atoms with Crippen molar-refractivity contribution < 1.29 is 0 Å². The number of aryl methyl sites for hydroxylation is 1. The molecule has 0 spiro atoms. The molecule has 3 heterocycles. The van der Waals surface area contributed by atoms with Crippen LogP contribution in [0.25, 0.3) is 0 Å². The molecule has 0 aromatic carbocycles. The van der Waals surface area contributed by atoms with Gasteiger partial charge in [0.05, 0.1) is 0 Å². The number of hydrogen-bond acceptors (Lipinski definition) is 4. The Bertz CT molecular complexity index is 389. The highest BCUT2D eigenvalue weighted by Gasteiger charge is 2.37. The molecule has 0 amide bonds. The van der Waals surface area contributed by atoms with E-state index in [-0.39, 0.29) is 0 Å². The molecule has 3 rings (SSSR count). The van der Waals surface area contributed by atoms with Gasteiger partial charge in [-0.1, -0.05) is 0 Å². The van der Waals surface area contributed by atoms with E-state index >= 15 is 0 Å². The van der Waals surface area contributed by atoms with Crippen molar-refractivity contribution in [3.8, 4) is 0 Å². The molecule has 0 radical (unpaired) electrons.